The van der Waals surface area contributed by atoms with Crippen molar-refractivity contribution in [2.75, 3.05) is 7.11 Å². The number of methoxy groups -OCH3 is 1. The third kappa shape index (κ3) is 1.48. The Balaban J connectivity index is 2.51. The number of hydrogen-bond donors (Lipinski definition) is 0. The van der Waals surface area contributed by atoms with Crippen molar-refractivity contribution in [1.82, 2.24) is 4.57 Å². The summed E-state index contributed by atoms with van der Waals surface area (Å²) in [6, 6.07) is 8.35. The van der Waals surface area contributed by atoms with Gasteiger partial charge in [-0.25, -0.2) is 4.39 Å². The maximum atomic E-state index is 13.4. The van der Waals surface area contributed by atoms with E-state index in [4.69, 9.17) is 4.74 Å². The van der Waals surface area contributed by atoms with E-state index in [0.29, 0.717) is 11.4 Å². The molecule has 2 aromatic rings. The maximum Gasteiger partial charge on any atom is 0.147 e. The van der Waals surface area contributed by atoms with Gasteiger partial charge >= 0.3 is 0 Å². The lowest BCUT2D eigenvalue weighted by molar-refractivity contribution is 0.413. The maximum absolute atomic E-state index is 13.4. The average Bonchev–Trinajstić information content (AvgIpc) is 2.71. The summed E-state index contributed by atoms with van der Waals surface area (Å²) >= 11 is 0. The minimum Gasteiger partial charge on any atom is -0.497 e. The number of benzene rings is 1. The van der Waals surface area contributed by atoms with Gasteiger partial charge in [-0.2, -0.15) is 0 Å². The number of halogens is 1. The van der Waals surface area contributed by atoms with Crippen molar-refractivity contribution in [1.29, 1.82) is 0 Å². The summed E-state index contributed by atoms with van der Waals surface area (Å²) in [5.74, 6) is 0.386. The van der Waals surface area contributed by atoms with E-state index in [9.17, 15) is 4.39 Å². The first-order valence-electron chi connectivity index (χ1n) is 4.28. The number of ether oxygens (including phenoxy) is 1. The van der Waals surface area contributed by atoms with E-state index >= 15 is 0 Å². The largest absolute Gasteiger partial charge is 0.497 e. The molecule has 0 spiro atoms. The molecule has 0 aliphatic carbocycles. The molecule has 2 rings (SSSR count). The standard InChI is InChI=1S/C11H10FNO/c1-14-9-4-5-10(12)11(8-9)13-6-2-3-7-13/h2-8H,1H3. The first-order valence-corrected chi connectivity index (χ1v) is 4.28. The molecule has 0 unspecified atom stereocenters. The smallest absolute Gasteiger partial charge is 0.147 e. The minimum absolute atomic E-state index is 0.262. The molecule has 0 amide bonds. The fourth-order valence-electron chi connectivity index (χ4n) is 1.31. The van der Waals surface area contributed by atoms with Gasteiger partial charge in [-0.05, 0) is 24.3 Å². The van der Waals surface area contributed by atoms with Gasteiger partial charge in [0.2, 0.25) is 0 Å². The summed E-state index contributed by atoms with van der Waals surface area (Å²) in [5.41, 5.74) is 0.495. The van der Waals surface area contributed by atoms with Crippen molar-refractivity contribution in [2.45, 2.75) is 0 Å². The van der Waals surface area contributed by atoms with Gasteiger partial charge in [0, 0.05) is 18.5 Å². The van der Waals surface area contributed by atoms with Crippen LogP contribution in [-0.4, -0.2) is 11.7 Å². The Morgan fingerprint density at radius 3 is 2.57 bits per heavy atom. The summed E-state index contributed by atoms with van der Waals surface area (Å²) in [5, 5.41) is 0. The van der Waals surface area contributed by atoms with Gasteiger partial charge in [-0.3, -0.25) is 0 Å². The first-order chi connectivity index (χ1) is 6.81. The van der Waals surface area contributed by atoms with Crippen LogP contribution in [0.5, 0.6) is 5.75 Å². The summed E-state index contributed by atoms with van der Waals surface area (Å²) in [7, 11) is 1.56. The third-order valence-corrected chi connectivity index (χ3v) is 2.04. The molecule has 1 aromatic carbocycles. The lowest BCUT2D eigenvalue weighted by Crippen LogP contribution is -1.95. The fraction of sp³-hybridized carbons (Fsp3) is 0.0909. The second kappa shape index (κ2) is 3.54. The van der Waals surface area contributed by atoms with Crippen LogP contribution < -0.4 is 4.74 Å². The van der Waals surface area contributed by atoms with Gasteiger partial charge < -0.3 is 9.30 Å². The highest BCUT2D eigenvalue weighted by atomic mass is 19.1. The van der Waals surface area contributed by atoms with E-state index in [1.54, 1.807) is 36.2 Å². The van der Waals surface area contributed by atoms with Crippen LogP contribution in [-0.2, 0) is 0 Å². The van der Waals surface area contributed by atoms with Gasteiger partial charge in [0.05, 0.1) is 12.8 Å². The van der Waals surface area contributed by atoms with Gasteiger partial charge in [-0.1, -0.05) is 0 Å². The van der Waals surface area contributed by atoms with E-state index in [2.05, 4.69) is 0 Å². The van der Waals surface area contributed by atoms with E-state index in [1.165, 1.54) is 6.07 Å². The Hall–Kier alpha value is -1.77. The molecular weight excluding hydrogens is 181 g/mol. The topological polar surface area (TPSA) is 14.2 Å². The number of aromatic nitrogens is 1. The second-order valence-corrected chi connectivity index (χ2v) is 2.91. The minimum atomic E-state index is -0.262. The van der Waals surface area contributed by atoms with Crippen LogP contribution in [0.15, 0.2) is 42.7 Å². The molecule has 0 saturated carbocycles. The lowest BCUT2D eigenvalue weighted by atomic mass is 10.3. The number of hydrogen-bond acceptors (Lipinski definition) is 1. The zero-order chi connectivity index (χ0) is 9.97. The average molecular weight is 191 g/mol. The third-order valence-electron chi connectivity index (χ3n) is 2.04. The van der Waals surface area contributed by atoms with Crippen LogP contribution in [0.1, 0.15) is 0 Å². The van der Waals surface area contributed by atoms with Gasteiger partial charge in [0.1, 0.15) is 11.6 Å². The van der Waals surface area contributed by atoms with Gasteiger partial charge in [0.25, 0.3) is 0 Å². The molecule has 14 heavy (non-hydrogen) atoms. The van der Waals surface area contributed by atoms with E-state index in [1.807, 2.05) is 12.1 Å². The molecule has 2 nitrogen and oxygen atoms in total. The zero-order valence-corrected chi connectivity index (χ0v) is 7.77. The molecule has 0 aliphatic rings. The molecule has 0 fully saturated rings. The van der Waals surface area contributed by atoms with E-state index in [-0.39, 0.29) is 5.82 Å². The highest BCUT2D eigenvalue weighted by Gasteiger charge is 2.04. The monoisotopic (exact) mass is 191 g/mol. The van der Waals surface area contributed by atoms with Crippen LogP contribution in [0.4, 0.5) is 4.39 Å². The van der Waals surface area contributed by atoms with Crippen molar-refractivity contribution >= 4 is 0 Å². The lowest BCUT2D eigenvalue weighted by Gasteiger charge is -2.06. The second-order valence-electron chi connectivity index (χ2n) is 2.91. The van der Waals surface area contributed by atoms with Crippen LogP contribution in [0.3, 0.4) is 0 Å². The summed E-state index contributed by atoms with van der Waals surface area (Å²) in [6.07, 6.45) is 3.58. The zero-order valence-electron chi connectivity index (χ0n) is 7.77. The van der Waals surface area contributed by atoms with Crippen LogP contribution in [0.2, 0.25) is 0 Å². The molecule has 0 bridgehead atoms. The van der Waals surface area contributed by atoms with Crippen molar-refractivity contribution in [3.8, 4) is 11.4 Å². The number of nitrogens with zero attached hydrogens (tertiary/aromatic N) is 1. The number of rotatable bonds is 2. The highest BCUT2D eigenvalue weighted by Crippen LogP contribution is 2.19. The summed E-state index contributed by atoms with van der Waals surface area (Å²) in [4.78, 5) is 0. The SMILES string of the molecule is COc1ccc(F)c(-n2cccc2)c1. The van der Waals surface area contributed by atoms with Gasteiger partial charge in [-0.15, -0.1) is 0 Å². The predicted octanol–water partition coefficient (Wildman–Crippen LogP) is 2.63. The molecule has 72 valence electrons. The summed E-state index contributed by atoms with van der Waals surface area (Å²) in [6.45, 7) is 0. The Bertz CT molecular complexity index is 423. The molecule has 0 saturated heterocycles. The highest BCUT2D eigenvalue weighted by molar-refractivity contribution is 5.41. The quantitative estimate of drug-likeness (QED) is 0.711. The van der Waals surface area contributed by atoms with Crippen LogP contribution in [0.25, 0.3) is 5.69 Å². The van der Waals surface area contributed by atoms with Gasteiger partial charge in [0.15, 0.2) is 0 Å². The van der Waals surface area contributed by atoms with Crippen molar-refractivity contribution in [2.24, 2.45) is 0 Å². The molecule has 1 heterocycles. The Morgan fingerprint density at radius 1 is 1.21 bits per heavy atom. The Kier molecular flexibility index (Phi) is 2.23. The van der Waals surface area contributed by atoms with Crippen molar-refractivity contribution < 1.29 is 9.13 Å². The normalized spacial score (nSPS) is 10.1. The molecule has 0 atom stereocenters. The summed E-state index contributed by atoms with van der Waals surface area (Å²) < 4.78 is 20.1. The van der Waals surface area contributed by atoms with E-state index < -0.39 is 0 Å². The molecule has 1 aromatic heterocycles. The molecular formula is C11H10FNO. The molecule has 0 radical (unpaired) electrons. The fourth-order valence-corrected chi connectivity index (χ4v) is 1.31. The molecule has 0 N–H and O–H groups in total. The Morgan fingerprint density at radius 2 is 1.93 bits per heavy atom. The van der Waals surface area contributed by atoms with Crippen molar-refractivity contribution in [3.05, 3.63) is 48.5 Å². The van der Waals surface area contributed by atoms with Crippen LogP contribution >= 0.6 is 0 Å². The van der Waals surface area contributed by atoms with Crippen LogP contribution in [0, 0.1) is 5.82 Å². The molecule has 0 aliphatic heterocycles. The van der Waals surface area contributed by atoms with Crippen molar-refractivity contribution in [3.63, 3.8) is 0 Å². The van der Waals surface area contributed by atoms with E-state index in [0.717, 1.165) is 0 Å². The Labute approximate surface area is 81.6 Å². The predicted molar refractivity (Wildman–Crippen MR) is 52.3 cm³/mol. The molecule has 3 heteroatoms. The first kappa shape index (κ1) is 8.81.